The molecule has 6 nitrogen and oxygen atoms in total. The number of anilines is 2. The fourth-order valence-electron chi connectivity index (χ4n) is 4.06. The molecule has 0 fully saturated rings. The lowest BCUT2D eigenvalue weighted by Crippen LogP contribution is -2.04. The van der Waals surface area contributed by atoms with Crippen molar-refractivity contribution >= 4 is 45.0 Å². The lowest BCUT2D eigenvalue weighted by atomic mass is 10.1. The van der Waals surface area contributed by atoms with Crippen LogP contribution in [0.15, 0.2) is 67.3 Å². The predicted octanol–water partition coefficient (Wildman–Crippen LogP) is 5.13. The third-order valence-corrected chi connectivity index (χ3v) is 5.69. The van der Waals surface area contributed by atoms with Crippen LogP contribution in [-0.4, -0.2) is 30.8 Å². The van der Waals surface area contributed by atoms with Gasteiger partial charge in [0.05, 0.1) is 22.7 Å². The number of nitrogens with one attached hydrogen (secondary N) is 1. The van der Waals surface area contributed by atoms with E-state index in [0.717, 1.165) is 34.2 Å². The Hall–Kier alpha value is -3.35. The van der Waals surface area contributed by atoms with Crippen molar-refractivity contribution in [1.29, 1.82) is 0 Å². The monoisotopic (exact) mass is 431 g/mol. The Morgan fingerprint density at radius 3 is 2.71 bits per heavy atom. The molecule has 156 valence electrons. The molecule has 0 unspecified atom stereocenters. The smallest absolute Gasteiger partial charge is 0.158 e. The number of aliphatic hydroxyl groups excluding tert-OH is 1. The molecule has 0 saturated carbocycles. The van der Waals surface area contributed by atoms with Crippen LogP contribution < -0.4 is 5.32 Å². The second kappa shape index (κ2) is 8.06. The number of fused-ring (bicyclic) bond motifs is 2. The van der Waals surface area contributed by atoms with E-state index in [1.165, 1.54) is 17.5 Å². The van der Waals surface area contributed by atoms with Gasteiger partial charge in [0.1, 0.15) is 11.8 Å². The summed E-state index contributed by atoms with van der Waals surface area (Å²) in [6, 6.07) is 16.5. The highest BCUT2D eigenvalue weighted by atomic mass is 35.5. The molecule has 3 aromatic heterocycles. The van der Waals surface area contributed by atoms with Crippen molar-refractivity contribution in [2.24, 2.45) is 0 Å². The van der Waals surface area contributed by atoms with E-state index in [1.807, 2.05) is 22.9 Å². The van der Waals surface area contributed by atoms with Crippen LogP contribution in [-0.2, 0) is 13.1 Å². The Morgan fingerprint density at radius 2 is 1.87 bits per heavy atom. The van der Waals surface area contributed by atoms with E-state index in [0.29, 0.717) is 17.4 Å². The maximum Gasteiger partial charge on any atom is 0.158 e. The molecule has 0 aliphatic rings. The summed E-state index contributed by atoms with van der Waals surface area (Å²) in [7, 11) is 0. The third-order valence-electron chi connectivity index (χ3n) is 5.40. The molecule has 0 saturated heterocycles. The predicted molar refractivity (Wildman–Crippen MR) is 125 cm³/mol. The molecule has 0 bridgehead atoms. The summed E-state index contributed by atoms with van der Waals surface area (Å²) in [5.41, 5.74) is 6.01. The number of aliphatic hydroxyl groups is 1. The van der Waals surface area contributed by atoms with Crippen molar-refractivity contribution in [1.82, 2.24) is 19.1 Å². The molecule has 3 heterocycles. The second-order valence-corrected chi connectivity index (χ2v) is 8.05. The number of rotatable bonds is 6. The maximum absolute atomic E-state index is 9.35. The number of hydrogen-bond donors (Lipinski definition) is 2. The molecule has 5 aromatic rings. The van der Waals surface area contributed by atoms with Crippen LogP contribution in [0.2, 0.25) is 5.02 Å². The van der Waals surface area contributed by atoms with Crippen molar-refractivity contribution in [3.8, 4) is 0 Å². The normalized spacial score (nSPS) is 11.5. The van der Waals surface area contributed by atoms with Gasteiger partial charge in [-0.1, -0.05) is 41.4 Å². The van der Waals surface area contributed by atoms with Crippen LogP contribution in [0, 0.1) is 6.92 Å². The Bertz CT molecular complexity index is 1390. The zero-order chi connectivity index (χ0) is 21.4. The number of nitrogens with zero attached hydrogens (tertiary/aromatic N) is 4. The van der Waals surface area contributed by atoms with Crippen LogP contribution in [0.3, 0.4) is 0 Å². The SMILES string of the molecule is Cc1cccc(Cn2ccc3cc(Nc4ncnc5ccn(CCO)c45)cc(Cl)c32)c1. The van der Waals surface area contributed by atoms with Crippen molar-refractivity contribution in [3.63, 3.8) is 0 Å². The van der Waals surface area contributed by atoms with E-state index >= 15 is 0 Å². The minimum absolute atomic E-state index is 0.0460. The van der Waals surface area contributed by atoms with Gasteiger partial charge in [0.15, 0.2) is 5.82 Å². The van der Waals surface area contributed by atoms with Crippen molar-refractivity contribution in [2.45, 2.75) is 20.0 Å². The zero-order valence-electron chi connectivity index (χ0n) is 17.1. The van der Waals surface area contributed by atoms with Gasteiger partial charge >= 0.3 is 0 Å². The second-order valence-electron chi connectivity index (χ2n) is 7.64. The fraction of sp³-hybridized carbons (Fsp3) is 0.167. The Morgan fingerprint density at radius 1 is 1.00 bits per heavy atom. The summed E-state index contributed by atoms with van der Waals surface area (Å²) in [5.74, 6) is 0.679. The molecule has 7 heteroatoms. The quantitative estimate of drug-likeness (QED) is 0.391. The van der Waals surface area contributed by atoms with Gasteiger partial charge in [0, 0.05) is 36.6 Å². The van der Waals surface area contributed by atoms with Gasteiger partial charge in [-0.2, -0.15) is 0 Å². The van der Waals surface area contributed by atoms with Gasteiger partial charge in [-0.3, -0.25) is 0 Å². The van der Waals surface area contributed by atoms with E-state index in [1.54, 1.807) is 0 Å². The number of halogens is 1. The summed E-state index contributed by atoms with van der Waals surface area (Å²) >= 11 is 6.72. The van der Waals surface area contributed by atoms with Gasteiger partial charge in [-0.05, 0) is 36.8 Å². The molecule has 0 radical (unpaired) electrons. The van der Waals surface area contributed by atoms with E-state index in [-0.39, 0.29) is 6.61 Å². The Labute approximate surface area is 184 Å². The van der Waals surface area contributed by atoms with E-state index in [2.05, 4.69) is 69.4 Å². The van der Waals surface area contributed by atoms with Crippen LogP contribution >= 0.6 is 11.6 Å². The molecule has 5 rings (SSSR count). The lowest BCUT2D eigenvalue weighted by Gasteiger charge is -2.12. The molecule has 0 amide bonds. The molecule has 0 aliphatic heterocycles. The summed E-state index contributed by atoms with van der Waals surface area (Å²) in [6.45, 7) is 3.39. The van der Waals surface area contributed by atoms with Gasteiger partial charge in [-0.25, -0.2) is 9.97 Å². The van der Waals surface area contributed by atoms with Gasteiger partial charge in [0.25, 0.3) is 0 Å². The van der Waals surface area contributed by atoms with Crippen LogP contribution in [0.1, 0.15) is 11.1 Å². The maximum atomic E-state index is 9.35. The first-order chi connectivity index (χ1) is 15.1. The highest BCUT2D eigenvalue weighted by Gasteiger charge is 2.12. The standard InChI is InChI=1S/C24H22ClN5O/c1-16-3-2-4-17(11-16)14-30-7-5-18-12-19(13-20(25)22(18)30)28-24-23-21(26-15-27-24)6-8-29(23)9-10-31/h2-8,11-13,15,31H,9-10,14H2,1H3,(H,26,27,28). The minimum atomic E-state index is 0.0460. The number of aromatic nitrogens is 4. The number of aryl methyl sites for hydroxylation is 1. The van der Waals surface area contributed by atoms with Gasteiger partial charge in [-0.15, -0.1) is 0 Å². The first-order valence-corrected chi connectivity index (χ1v) is 10.5. The molecule has 0 spiro atoms. The average Bonchev–Trinajstić information content (AvgIpc) is 3.34. The van der Waals surface area contributed by atoms with Crippen LogP contribution in [0.4, 0.5) is 11.5 Å². The summed E-state index contributed by atoms with van der Waals surface area (Å²) in [4.78, 5) is 8.74. The topological polar surface area (TPSA) is 67.9 Å². The lowest BCUT2D eigenvalue weighted by molar-refractivity contribution is 0.278. The molecular weight excluding hydrogens is 410 g/mol. The van der Waals surface area contributed by atoms with E-state index < -0.39 is 0 Å². The summed E-state index contributed by atoms with van der Waals surface area (Å²) in [5, 5.41) is 14.5. The molecule has 0 atom stereocenters. The van der Waals surface area contributed by atoms with Crippen molar-refractivity contribution < 1.29 is 5.11 Å². The van der Waals surface area contributed by atoms with Gasteiger partial charge in [0.2, 0.25) is 0 Å². The average molecular weight is 432 g/mol. The highest BCUT2D eigenvalue weighted by molar-refractivity contribution is 6.35. The van der Waals surface area contributed by atoms with Gasteiger partial charge < -0.3 is 19.6 Å². The zero-order valence-corrected chi connectivity index (χ0v) is 17.8. The van der Waals surface area contributed by atoms with Crippen LogP contribution in [0.25, 0.3) is 21.9 Å². The molecule has 2 N–H and O–H groups in total. The molecule has 31 heavy (non-hydrogen) atoms. The summed E-state index contributed by atoms with van der Waals surface area (Å²) < 4.78 is 4.11. The highest BCUT2D eigenvalue weighted by Crippen LogP contribution is 2.32. The van der Waals surface area contributed by atoms with Crippen molar-refractivity contribution in [3.05, 3.63) is 83.4 Å². The largest absolute Gasteiger partial charge is 0.395 e. The Balaban J connectivity index is 1.50. The Kier molecular flexibility index (Phi) is 5.10. The molecular formula is C24H22ClN5O. The van der Waals surface area contributed by atoms with Crippen molar-refractivity contribution in [2.75, 3.05) is 11.9 Å². The first-order valence-electron chi connectivity index (χ1n) is 10.1. The summed E-state index contributed by atoms with van der Waals surface area (Å²) in [6.07, 6.45) is 5.51. The van der Waals surface area contributed by atoms with Crippen LogP contribution in [0.5, 0.6) is 0 Å². The molecule has 2 aromatic carbocycles. The third kappa shape index (κ3) is 3.76. The van der Waals surface area contributed by atoms with E-state index in [4.69, 9.17) is 11.6 Å². The fourth-order valence-corrected chi connectivity index (χ4v) is 4.40. The minimum Gasteiger partial charge on any atom is -0.395 e. The molecule has 0 aliphatic carbocycles. The first kappa shape index (κ1) is 19.6. The van der Waals surface area contributed by atoms with E-state index in [9.17, 15) is 5.11 Å². The number of benzene rings is 2. The number of hydrogen-bond acceptors (Lipinski definition) is 4.